The number of amides is 2. The minimum absolute atomic E-state index is 0.0442. The average molecular weight is 290 g/mol. The zero-order valence-corrected chi connectivity index (χ0v) is 11.9. The molecular weight excluding hydrogens is 272 g/mol. The molecular formula is C15H18N2O4. The van der Waals surface area contributed by atoms with Gasteiger partial charge >= 0.3 is 12.0 Å². The predicted molar refractivity (Wildman–Crippen MR) is 76.0 cm³/mol. The van der Waals surface area contributed by atoms with Gasteiger partial charge in [0.1, 0.15) is 5.75 Å². The Balaban J connectivity index is 1.97. The molecule has 1 fully saturated rings. The first kappa shape index (κ1) is 15.0. The van der Waals surface area contributed by atoms with Gasteiger partial charge in [0.25, 0.3) is 0 Å². The second-order valence-corrected chi connectivity index (χ2v) is 5.13. The predicted octanol–water partition coefficient (Wildman–Crippen LogP) is 1.59. The van der Waals surface area contributed by atoms with Crippen molar-refractivity contribution in [2.24, 2.45) is 11.7 Å². The van der Waals surface area contributed by atoms with Crippen LogP contribution in [0.2, 0.25) is 0 Å². The minimum atomic E-state index is -0.515. The van der Waals surface area contributed by atoms with Crippen LogP contribution < -0.4 is 10.5 Å². The number of hydrogen-bond acceptors (Lipinski definition) is 4. The highest BCUT2D eigenvalue weighted by Gasteiger charge is 2.28. The average Bonchev–Trinajstić information content (AvgIpc) is 2.48. The molecule has 1 heterocycles. The Labute approximate surface area is 122 Å². The van der Waals surface area contributed by atoms with Crippen LogP contribution >= 0.6 is 0 Å². The monoisotopic (exact) mass is 290 g/mol. The molecule has 0 spiro atoms. The topological polar surface area (TPSA) is 89.7 Å². The van der Waals surface area contributed by atoms with Crippen molar-refractivity contribution in [1.29, 1.82) is 0 Å². The maximum absolute atomic E-state index is 12.1. The highest BCUT2D eigenvalue weighted by molar-refractivity contribution is 5.94. The Morgan fingerprint density at radius 2 is 1.90 bits per heavy atom. The van der Waals surface area contributed by atoms with E-state index in [2.05, 4.69) is 0 Å². The summed E-state index contributed by atoms with van der Waals surface area (Å²) < 4.78 is 5.29. The molecule has 2 N–H and O–H groups in total. The van der Waals surface area contributed by atoms with Crippen molar-refractivity contribution in [1.82, 2.24) is 4.90 Å². The molecule has 0 aromatic heterocycles. The first-order chi connectivity index (χ1) is 9.97. The first-order valence-corrected chi connectivity index (χ1v) is 6.84. The lowest BCUT2D eigenvalue weighted by Crippen LogP contribution is -2.45. The number of ether oxygens (including phenoxy) is 1. The number of benzene rings is 1. The van der Waals surface area contributed by atoms with Crippen LogP contribution in [0.3, 0.4) is 0 Å². The van der Waals surface area contributed by atoms with E-state index in [9.17, 15) is 14.4 Å². The Kier molecular flexibility index (Phi) is 4.57. The van der Waals surface area contributed by atoms with Crippen molar-refractivity contribution in [3.8, 4) is 5.75 Å². The van der Waals surface area contributed by atoms with E-state index >= 15 is 0 Å². The number of rotatable bonds is 3. The Bertz CT molecular complexity index is 553. The second kappa shape index (κ2) is 6.39. The van der Waals surface area contributed by atoms with E-state index in [1.165, 1.54) is 11.8 Å². The van der Waals surface area contributed by atoms with Crippen LogP contribution in [0, 0.1) is 5.92 Å². The van der Waals surface area contributed by atoms with Gasteiger partial charge in [-0.1, -0.05) is 0 Å². The fourth-order valence-electron chi connectivity index (χ4n) is 2.33. The van der Waals surface area contributed by atoms with Gasteiger partial charge in [-0.25, -0.2) is 4.79 Å². The molecule has 112 valence electrons. The number of primary amides is 1. The largest absolute Gasteiger partial charge is 0.426 e. The maximum Gasteiger partial charge on any atom is 0.316 e. The summed E-state index contributed by atoms with van der Waals surface area (Å²) in [5.74, 6) is -0.395. The fraction of sp³-hybridized carbons (Fsp3) is 0.400. The molecule has 1 atom stereocenters. The van der Waals surface area contributed by atoms with E-state index in [4.69, 9.17) is 10.5 Å². The Morgan fingerprint density at radius 1 is 1.24 bits per heavy atom. The highest BCUT2D eigenvalue weighted by Crippen LogP contribution is 2.20. The summed E-state index contributed by atoms with van der Waals surface area (Å²) in [5, 5.41) is 0. The smallest absolute Gasteiger partial charge is 0.316 e. The summed E-state index contributed by atoms with van der Waals surface area (Å²) in [6, 6.07) is 5.88. The lowest BCUT2D eigenvalue weighted by atomic mass is 9.98. The summed E-state index contributed by atoms with van der Waals surface area (Å²) >= 11 is 0. The number of esters is 1. The van der Waals surface area contributed by atoms with E-state index in [0.717, 1.165) is 6.42 Å². The van der Waals surface area contributed by atoms with Gasteiger partial charge in [0.2, 0.25) is 0 Å². The number of urea groups is 1. The number of piperidine rings is 1. The van der Waals surface area contributed by atoms with Crippen LogP contribution in [0.4, 0.5) is 4.79 Å². The van der Waals surface area contributed by atoms with Crippen LogP contribution in [0.1, 0.15) is 30.1 Å². The number of nitrogens with zero attached hydrogens (tertiary/aromatic N) is 1. The van der Waals surface area contributed by atoms with Crippen LogP contribution in [0.5, 0.6) is 5.75 Å². The summed E-state index contributed by atoms with van der Waals surface area (Å²) in [5.41, 5.74) is 5.79. The number of likely N-dealkylation sites (tertiary alicyclic amines) is 1. The molecule has 1 aliphatic rings. The summed E-state index contributed by atoms with van der Waals surface area (Å²) in [7, 11) is 0. The van der Waals surface area contributed by atoms with E-state index in [-0.39, 0.29) is 17.7 Å². The molecule has 0 saturated carbocycles. The standard InChI is InChI=1S/C15H18N2O4/c1-10(18)11-4-6-13(7-5-11)21-14(19)12-3-2-8-17(9-12)15(16)20/h4-7,12H,2-3,8-9H2,1H3,(H2,16,20)/t12-/m0/s1. The minimum Gasteiger partial charge on any atom is -0.426 e. The van der Waals surface area contributed by atoms with Crippen LogP contribution in [0.25, 0.3) is 0 Å². The van der Waals surface area contributed by atoms with Gasteiger partial charge in [0.15, 0.2) is 5.78 Å². The molecule has 1 aromatic rings. The number of hydrogen-bond donors (Lipinski definition) is 1. The van der Waals surface area contributed by atoms with Crippen LogP contribution in [-0.2, 0) is 4.79 Å². The van der Waals surface area contributed by atoms with Crippen molar-refractivity contribution >= 4 is 17.8 Å². The molecule has 2 amide bonds. The Hall–Kier alpha value is -2.37. The molecule has 1 aromatic carbocycles. The molecule has 0 bridgehead atoms. The summed E-state index contributed by atoms with van der Waals surface area (Å²) in [6.45, 7) is 2.34. The van der Waals surface area contributed by atoms with Gasteiger partial charge in [0, 0.05) is 18.7 Å². The molecule has 6 nitrogen and oxygen atoms in total. The lowest BCUT2D eigenvalue weighted by molar-refractivity contribution is -0.140. The van der Waals surface area contributed by atoms with E-state index < -0.39 is 6.03 Å². The van der Waals surface area contributed by atoms with Gasteiger partial charge < -0.3 is 15.4 Å². The number of ketones is 1. The van der Waals surface area contributed by atoms with Crippen LogP contribution in [-0.4, -0.2) is 35.8 Å². The summed E-state index contributed by atoms with van der Waals surface area (Å²) in [6.07, 6.45) is 1.40. The Morgan fingerprint density at radius 3 is 2.48 bits per heavy atom. The molecule has 0 unspecified atom stereocenters. The first-order valence-electron chi connectivity index (χ1n) is 6.84. The van der Waals surface area contributed by atoms with E-state index in [0.29, 0.717) is 30.8 Å². The number of carbonyl (C=O) groups excluding carboxylic acids is 3. The SMILES string of the molecule is CC(=O)c1ccc(OC(=O)[C@H]2CCCN(C(N)=O)C2)cc1. The summed E-state index contributed by atoms with van der Waals surface area (Å²) in [4.78, 5) is 35.9. The number of carbonyl (C=O) groups is 3. The molecule has 1 saturated heterocycles. The van der Waals surface area contributed by atoms with Crippen LogP contribution in [0.15, 0.2) is 24.3 Å². The highest BCUT2D eigenvalue weighted by atomic mass is 16.5. The molecule has 0 radical (unpaired) electrons. The van der Waals surface area contributed by atoms with Gasteiger partial charge in [-0.3, -0.25) is 9.59 Å². The van der Waals surface area contributed by atoms with Crippen molar-refractivity contribution in [3.63, 3.8) is 0 Å². The quantitative estimate of drug-likeness (QED) is 0.520. The zero-order valence-electron chi connectivity index (χ0n) is 11.9. The molecule has 2 rings (SSSR count). The molecule has 21 heavy (non-hydrogen) atoms. The van der Waals surface area contributed by atoms with Gasteiger partial charge in [0.05, 0.1) is 5.92 Å². The lowest BCUT2D eigenvalue weighted by Gasteiger charge is -2.30. The van der Waals surface area contributed by atoms with Crippen molar-refractivity contribution in [2.75, 3.05) is 13.1 Å². The second-order valence-electron chi connectivity index (χ2n) is 5.13. The van der Waals surface area contributed by atoms with Crippen molar-refractivity contribution < 1.29 is 19.1 Å². The fourth-order valence-corrected chi connectivity index (χ4v) is 2.33. The third kappa shape index (κ3) is 3.81. The molecule has 6 heteroatoms. The third-order valence-electron chi connectivity index (χ3n) is 3.55. The normalized spacial score (nSPS) is 18.1. The number of nitrogens with two attached hydrogens (primary N) is 1. The number of Topliss-reactive ketones (excluding diaryl/α,β-unsaturated/α-hetero) is 1. The maximum atomic E-state index is 12.1. The third-order valence-corrected chi connectivity index (χ3v) is 3.55. The van der Waals surface area contributed by atoms with E-state index in [1.54, 1.807) is 24.3 Å². The molecule has 1 aliphatic heterocycles. The van der Waals surface area contributed by atoms with E-state index in [1.807, 2.05) is 0 Å². The van der Waals surface area contributed by atoms with Gasteiger partial charge in [-0.05, 0) is 44.0 Å². The van der Waals surface area contributed by atoms with Crippen molar-refractivity contribution in [3.05, 3.63) is 29.8 Å². The van der Waals surface area contributed by atoms with Crippen molar-refractivity contribution in [2.45, 2.75) is 19.8 Å². The van der Waals surface area contributed by atoms with Gasteiger partial charge in [-0.15, -0.1) is 0 Å². The zero-order chi connectivity index (χ0) is 15.4. The molecule has 0 aliphatic carbocycles. The van der Waals surface area contributed by atoms with Gasteiger partial charge in [-0.2, -0.15) is 0 Å².